The SMILES string of the molecule is Cc1ccc([C@@H]2CC2COc2cc(NCc3ccc(C)nc3C)c(=O)n(C)n2)nc1. The summed E-state index contributed by atoms with van der Waals surface area (Å²) in [6.07, 6.45) is 2.97. The van der Waals surface area contributed by atoms with Crippen LogP contribution in [0.2, 0.25) is 0 Å². The van der Waals surface area contributed by atoms with E-state index in [0.717, 1.165) is 29.1 Å². The average molecular weight is 406 g/mol. The van der Waals surface area contributed by atoms with Gasteiger partial charge in [-0.15, -0.1) is 5.10 Å². The molecule has 1 N–H and O–H groups in total. The molecule has 7 nitrogen and oxygen atoms in total. The Labute approximate surface area is 176 Å². The quantitative estimate of drug-likeness (QED) is 0.650. The maximum atomic E-state index is 12.5. The normalized spacial score (nSPS) is 17.6. The number of rotatable bonds is 7. The van der Waals surface area contributed by atoms with E-state index in [-0.39, 0.29) is 5.56 Å². The van der Waals surface area contributed by atoms with E-state index >= 15 is 0 Å². The van der Waals surface area contributed by atoms with Crippen LogP contribution in [-0.2, 0) is 13.6 Å². The number of nitrogens with one attached hydrogen (secondary N) is 1. The van der Waals surface area contributed by atoms with Crippen LogP contribution in [0.15, 0.2) is 41.3 Å². The fourth-order valence-electron chi connectivity index (χ4n) is 3.56. The molecule has 3 aromatic rings. The van der Waals surface area contributed by atoms with Crippen LogP contribution >= 0.6 is 0 Å². The molecular formula is C23H27N5O2. The van der Waals surface area contributed by atoms with E-state index in [1.165, 1.54) is 10.2 Å². The van der Waals surface area contributed by atoms with Crippen molar-refractivity contribution in [3.8, 4) is 5.88 Å². The maximum Gasteiger partial charge on any atom is 0.290 e. The molecule has 1 fully saturated rings. The minimum absolute atomic E-state index is 0.187. The lowest BCUT2D eigenvalue weighted by molar-refractivity contribution is 0.278. The van der Waals surface area contributed by atoms with Gasteiger partial charge in [-0.3, -0.25) is 14.8 Å². The molecule has 4 rings (SSSR count). The van der Waals surface area contributed by atoms with Crippen molar-refractivity contribution in [2.45, 2.75) is 39.7 Å². The number of aromatic nitrogens is 4. The van der Waals surface area contributed by atoms with Crippen LogP contribution in [0.3, 0.4) is 0 Å². The first kappa shape index (κ1) is 20.1. The average Bonchev–Trinajstić information content (AvgIpc) is 3.49. The van der Waals surface area contributed by atoms with Crippen molar-refractivity contribution in [1.29, 1.82) is 0 Å². The predicted molar refractivity (Wildman–Crippen MR) is 116 cm³/mol. The zero-order valence-corrected chi connectivity index (χ0v) is 17.8. The molecule has 0 amide bonds. The Morgan fingerprint density at radius 1 is 1.20 bits per heavy atom. The van der Waals surface area contributed by atoms with Crippen LogP contribution in [0.4, 0.5) is 5.69 Å². The van der Waals surface area contributed by atoms with Crippen molar-refractivity contribution in [2.75, 3.05) is 11.9 Å². The smallest absolute Gasteiger partial charge is 0.290 e. The van der Waals surface area contributed by atoms with Crippen molar-refractivity contribution in [3.05, 3.63) is 75.1 Å². The molecule has 1 unspecified atom stereocenters. The molecule has 3 aromatic heterocycles. The summed E-state index contributed by atoms with van der Waals surface area (Å²) >= 11 is 0. The van der Waals surface area contributed by atoms with Crippen LogP contribution < -0.4 is 15.6 Å². The van der Waals surface area contributed by atoms with Gasteiger partial charge in [0.2, 0.25) is 5.88 Å². The fraction of sp³-hybridized carbons (Fsp3) is 0.391. The molecule has 1 aliphatic carbocycles. The predicted octanol–water partition coefficient (Wildman–Crippen LogP) is 3.29. The summed E-state index contributed by atoms with van der Waals surface area (Å²) in [6.45, 7) is 7.05. The van der Waals surface area contributed by atoms with Gasteiger partial charge in [0, 0.05) is 54.8 Å². The number of hydrogen-bond donors (Lipinski definition) is 1. The first-order valence-electron chi connectivity index (χ1n) is 10.2. The summed E-state index contributed by atoms with van der Waals surface area (Å²) in [5.74, 6) is 1.31. The first-order chi connectivity index (χ1) is 14.4. The molecule has 0 aromatic carbocycles. The maximum absolute atomic E-state index is 12.5. The zero-order valence-electron chi connectivity index (χ0n) is 17.8. The first-order valence-corrected chi connectivity index (χ1v) is 10.2. The Hall–Kier alpha value is -3.22. The second-order valence-electron chi connectivity index (χ2n) is 8.05. The molecule has 0 saturated heterocycles. The van der Waals surface area contributed by atoms with Gasteiger partial charge < -0.3 is 10.1 Å². The highest BCUT2D eigenvalue weighted by Gasteiger charge is 2.40. The third kappa shape index (κ3) is 4.50. The molecule has 2 atom stereocenters. The fourth-order valence-corrected chi connectivity index (χ4v) is 3.56. The van der Waals surface area contributed by atoms with E-state index in [4.69, 9.17) is 4.74 Å². The van der Waals surface area contributed by atoms with Crippen LogP contribution in [0.1, 0.15) is 40.5 Å². The lowest BCUT2D eigenvalue weighted by Crippen LogP contribution is -2.24. The highest BCUT2D eigenvalue weighted by molar-refractivity contribution is 5.44. The van der Waals surface area contributed by atoms with Gasteiger partial charge in [0.1, 0.15) is 5.69 Å². The van der Waals surface area contributed by atoms with Crippen molar-refractivity contribution < 1.29 is 4.74 Å². The van der Waals surface area contributed by atoms with E-state index in [1.54, 1.807) is 13.1 Å². The van der Waals surface area contributed by atoms with E-state index in [2.05, 4.69) is 32.5 Å². The third-order valence-electron chi connectivity index (χ3n) is 5.53. The van der Waals surface area contributed by atoms with Crippen LogP contribution in [-0.4, -0.2) is 26.4 Å². The van der Waals surface area contributed by atoms with Crippen LogP contribution in [0.25, 0.3) is 0 Å². The minimum atomic E-state index is -0.187. The third-order valence-corrected chi connectivity index (χ3v) is 5.53. The van der Waals surface area contributed by atoms with E-state index in [1.807, 2.05) is 39.1 Å². The number of hydrogen-bond acceptors (Lipinski definition) is 6. The Kier molecular flexibility index (Phi) is 5.53. The minimum Gasteiger partial charge on any atom is -0.476 e. The molecule has 3 heterocycles. The Morgan fingerprint density at radius 2 is 2.03 bits per heavy atom. The van der Waals surface area contributed by atoms with Crippen molar-refractivity contribution >= 4 is 5.69 Å². The van der Waals surface area contributed by atoms with Crippen molar-refractivity contribution in [2.24, 2.45) is 13.0 Å². The van der Waals surface area contributed by atoms with Crippen LogP contribution in [0, 0.1) is 26.7 Å². The van der Waals surface area contributed by atoms with Gasteiger partial charge in [0.25, 0.3) is 5.56 Å². The monoisotopic (exact) mass is 405 g/mol. The summed E-state index contributed by atoms with van der Waals surface area (Å²) in [4.78, 5) is 21.4. The summed E-state index contributed by atoms with van der Waals surface area (Å²) in [6, 6.07) is 9.86. The van der Waals surface area contributed by atoms with Crippen LogP contribution in [0.5, 0.6) is 5.88 Å². The summed E-state index contributed by atoms with van der Waals surface area (Å²) < 4.78 is 7.23. The molecule has 1 aliphatic rings. The molecule has 7 heteroatoms. The molecular weight excluding hydrogens is 378 g/mol. The lowest BCUT2D eigenvalue weighted by Gasteiger charge is -2.12. The molecule has 0 bridgehead atoms. The summed E-state index contributed by atoms with van der Waals surface area (Å²) in [5.41, 5.74) is 5.54. The summed E-state index contributed by atoms with van der Waals surface area (Å²) in [5, 5.41) is 7.45. The van der Waals surface area contributed by atoms with E-state index < -0.39 is 0 Å². The summed E-state index contributed by atoms with van der Waals surface area (Å²) in [7, 11) is 1.63. The van der Waals surface area contributed by atoms with Gasteiger partial charge in [0.05, 0.1) is 6.61 Å². The van der Waals surface area contributed by atoms with E-state index in [9.17, 15) is 4.79 Å². The topological polar surface area (TPSA) is 81.9 Å². The highest BCUT2D eigenvalue weighted by atomic mass is 16.5. The number of aryl methyl sites for hydroxylation is 4. The number of pyridine rings is 2. The van der Waals surface area contributed by atoms with Crippen molar-refractivity contribution in [3.63, 3.8) is 0 Å². The molecule has 156 valence electrons. The Bertz CT molecular complexity index is 1110. The second-order valence-corrected chi connectivity index (χ2v) is 8.05. The largest absolute Gasteiger partial charge is 0.476 e. The molecule has 0 radical (unpaired) electrons. The van der Waals surface area contributed by atoms with Crippen molar-refractivity contribution in [1.82, 2.24) is 19.7 Å². The second kappa shape index (κ2) is 8.26. The van der Waals surface area contributed by atoms with Gasteiger partial charge in [-0.1, -0.05) is 12.1 Å². The van der Waals surface area contributed by atoms with E-state index in [0.29, 0.717) is 36.6 Å². The van der Waals surface area contributed by atoms with Gasteiger partial charge in [0.15, 0.2) is 0 Å². The molecule has 0 aliphatic heterocycles. The number of anilines is 1. The molecule has 30 heavy (non-hydrogen) atoms. The molecule has 1 saturated carbocycles. The lowest BCUT2D eigenvalue weighted by atomic mass is 10.2. The Morgan fingerprint density at radius 3 is 2.77 bits per heavy atom. The number of ether oxygens (including phenoxy) is 1. The molecule has 0 spiro atoms. The Balaban J connectivity index is 1.39. The number of nitrogens with zero attached hydrogens (tertiary/aromatic N) is 4. The standard InChI is InChI=1S/C23H27N5O2/c1-14-5-8-20(24-11-14)19-9-18(19)13-30-22-10-21(23(29)28(4)27-22)25-12-17-7-6-15(2)26-16(17)3/h5-8,10-11,18-19,25H,9,12-13H2,1-4H3/t18?,19-/m1/s1. The zero-order chi connectivity index (χ0) is 21.3. The van der Waals surface area contributed by atoms with Gasteiger partial charge in [-0.2, -0.15) is 0 Å². The highest BCUT2D eigenvalue weighted by Crippen LogP contribution is 2.46. The van der Waals surface area contributed by atoms with Gasteiger partial charge in [-0.25, -0.2) is 4.68 Å². The van der Waals surface area contributed by atoms with Gasteiger partial charge in [-0.05, 0) is 50.5 Å². The van der Waals surface area contributed by atoms with Gasteiger partial charge >= 0.3 is 0 Å².